The molecule has 1 aliphatic carbocycles. The van der Waals surface area contributed by atoms with Crippen LogP contribution in [0.15, 0.2) is 54.6 Å². The fourth-order valence-electron chi connectivity index (χ4n) is 4.28. The second kappa shape index (κ2) is 13.3. The first kappa shape index (κ1) is 25.2. The van der Waals surface area contributed by atoms with Crippen LogP contribution in [0.1, 0.15) is 56.6 Å². The van der Waals surface area contributed by atoms with Crippen LogP contribution in [0.5, 0.6) is 5.75 Å². The first-order valence-electron chi connectivity index (χ1n) is 11.9. The van der Waals surface area contributed by atoms with Crippen molar-refractivity contribution in [2.24, 2.45) is 0 Å². The largest absolute Gasteiger partial charge is 0.497 e. The molecule has 0 aromatic heterocycles. The number of hydrogen-bond acceptors (Lipinski definition) is 4. The highest BCUT2D eigenvalue weighted by Gasteiger charge is 2.30. The van der Waals surface area contributed by atoms with Gasteiger partial charge in [-0.25, -0.2) is 0 Å². The SMILES string of the molecule is CC[C@@H](C(=O)NC1CCCC1)N(Cc1ccc(OC)cc1)C(=O)CCSCc1ccccc1. The van der Waals surface area contributed by atoms with Gasteiger partial charge < -0.3 is 15.0 Å². The molecular formula is C27H36N2O3S. The molecule has 0 radical (unpaired) electrons. The molecule has 3 rings (SSSR count). The zero-order chi connectivity index (χ0) is 23.5. The lowest BCUT2D eigenvalue weighted by Crippen LogP contribution is -2.51. The third-order valence-electron chi connectivity index (χ3n) is 6.17. The third kappa shape index (κ3) is 7.81. The summed E-state index contributed by atoms with van der Waals surface area (Å²) in [5.41, 5.74) is 2.25. The predicted octanol–water partition coefficient (Wildman–Crippen LogP) is 5.18. The normalized spacial score (nSPS) is 14.6. The third-order valence-corrected chi connectivity index (χ3v) is 7.20. The first-order chi connectivity index (χ1) is 16.1. The molecule has 2 aromatic carbocycles. The zero-order valence-electron chi connectivity index (χ0n) is 19.8. The molecule has 6 heteroatoms. The molecular weight excluding hydrogens is 432 g/mol. The summed E-state index contributed by atoms with van der Waals surface area (Å²) in [5.74, 6) is 2.39. The number of benzene rings is 2. The Kier molecular flexibility index (Phi) is 10.1. The van der Waals surface area contributed by atoms with Crippen LogP contribution in [0.3, 0.4) is 0 Å². The molecule has 2 aromatic rings. The average Bonchev–Trinajstić information content (AvgIpc) is 3.35. The highest BCUT2D eigenvalue weighted by atomic mass is 32.2. The standard InChI is InChI=1S/C27H36N2O3S/c1-3-25(27(31)28-23-11-7-8-12-23)29(19-21-13-15-24(32-2)16-14-21)26(30)17-18-33-20-22-9-5-4-6-10-22/h4-6,9-10,13-16,23,25H,3,7-8,11-12,17-20H2,1-2H3,(H,28,31)/t25-/m0/s1. The van der Waals surface area contributed by atoms with E-state index < -0.39 is 6.04 Å². The van der Waals surface area contributed by atoms with Crippen molar-refractivity contribution in [2.45, 2.75) is 69.8 Å². The number of carbonyl (C=O) groups is 2. The molecule has 33 heavy (non-hydrogen) atoms. The molecule has 178 valence electrons. The second-order valence-corrected chi connectivity index (χ2v) is 9.68. The number of thioether (sulfide) groups is 1. The predicted molar refractivity (Wildman–Crippen MR) is 135 cm³/mol. The molecule has 0 spiro atoms. The van der Waals surface area contributed by atoms with Crippen molar-refractivity contribution in [3.63, 3.8) is 0 Å². The van der Waals surface area contributed by atoms with E-state index in [1.165, 1.54) is 5.56 Å². The van der Waals surface area contributed by atoms with E-state index in [2.05, 4.69) is 17.4 Å². The molecule has 1 fully saturated rings. The van der Waals surface area contributed by atoms with E-state index in [0.29, 0.717) is 19.4 Å². The van der Waals surface area contributed by atoms with Crippen LogP contribution < -0.4 is 10.1 Å². The Bertz CT molecular complexity index is 867. The fraction of sp³-hybridized carbons (Fsp3) is 0.481. The summed E-state index contributed by atoms with van der Waals surface area (Å²) in [6.07, 6.45) is 5.40. The number of methoxy groups -OCH3 is 1. The van der Waals surface area contributed by atoms with E-state index >= 15 is 0 Å². The Morgan fingerprint density at radius 2 is 1.76 bits per heavy atom. The van der Waals surface area contributed by atoms with E-state index in [4.69, 9.17) is 4.74 Å². The summed E-state index contributed by atoms with van der Waals surface area (Å²) in [6, 6.07) is 17.8. The quantitative estimate of drug-likeness (QED) is 0.436. The summed E-state index contributed by atoms with van der Waals surface area (Å²) in [5, 5.41) is 3.20. The fourth-order valence-corrected chi connectivity index (χ4v) is 5.17. The highest BCUT2D eigenvalue weighted by molar-refractivity contribution is 7.98. The lowest BCUT2D eigenvalue weighted by atomic mass is 10.1. The minimum Gasteiger partial charge on any atom is -0.497 e. The van der Waals surface area contributed by atoms with Crippen LogP contribution in [0.2, 0.25) is 0 Å². The molecule has 0 unspecified atom stereocenters. The highest BCUT2D eigenvalue weighted by Crippen LogP contribution is 2.21. The second-order valence-electron chi connectivity index (χ2n) is 8.57. The summed E-state index contributed by atoms with van der Waals surface area (Å²) in [6.45, 7) is 2.40. The summed E-state index contributed by atoms with van der Waals surface area (Å²) >= 11 is 1.75. The van der Waals surface area contributed by atoms with Crippen molar-refractivity contribution >= 4 is 23.6 Å². The number of hydrogen-bond donors (Lipinski definition) is 1. The van der Waals surface area contributed by atoms with Crippen LogP contribution in [-0.4, -0.2) is 41.7 Å². The van der Waals surface area contributed by atoms with Crippen molar-refractivity contribution < 1.29 is 14.3 Å². The molecule has 1 N–H and O–H groups in total. The van der Waals surface area contributed by atoms with Crippen molar-refractivity contribution in [3.8, 4) is 5.75 Å². The first-order valence-corrected chi connectivity index (χ1v) is 13.1. The molecule has 0 aliphatic heterocycles. The van der Waals surface area contributed by atoms with Gasteiger partial charge in [0.05, 0.1) is 7.11 Å². The Balaban J connectivity index is 1.65. The van der Waals surface area contributed by atoms with E-state index in [0.717, 1.165) is 48.5 Å². The van der Waals surface area contributed by atoms with Gasteiger partial charge in [0.2, 0.25) is 11.8 Å². The van der Waals surface area contributed by atoms with Crippen LogP contribution >= 0.6 is 11.8 Å². The van der Waals surface area contributed by atoms with Gasteiger partial charge >= 0.3 is 0 Å². The minimum absolute atomic E-state index is 0.0248. The topological polar surface area (TPSA) is 58.6 Å². The number of ether oxygens (including phenoxy) is 1. The van der Waals surface area contributed by atoms with Crippen LogP contribution in [0, 0.1) is 0 Å². The van der Waals surface area contributed by atoms with Gasteiger partial charge in [0.1, 0.15) is 11.8 Å². The summed E-state index contributed by atoms with van der Waals surface area (Å²) < 4.78 is 5.26. The molecule has 0 bridgehead atoms. The zero-order valence-corrected chi connectivity index (χ0v) is 20.6. The Morgan fingerprint density at radius 1 is 1.06 bits per heavy atom. The van der Waals surface area contributed by atoms with Crippen molar-refractivity contribution in [2.75, 3.05) is 12.9 Å². The Morgan fingerprint density at radius 3 is 2.39 bits per heavy atom. The smallest absolute Gasteiger partial charge is 0.243 e. The van der Waals surface area contributed by atoms with Crippen LogP contribution in [0.25, 0.3) is 0 Å². The van der Waals surface area contributed by atoms with Gasteiger partial charge in [0.15, 0.2) is 0 Å². The van der Waals surface area contributed by atoms with Gasteiger partial charge in [0.25, 0.3) is 0 Å². The lowest BCUT2D eigenvalue weighted by molar-refractivity contribution is -0.141. The summed E-state index contributed by atoms with van der Waals surface area (Å²) in [4.78, 5) is 28.3. The molecule has 1 saturated carbocycles. The number of rotatable bonds is 12. The molecule has 0 heterocycles. The number of carbonyl (C=O) groups excluding carboxylic acids is 2. The maximum atomic E-state index is 13.3. The molecule has 1 aliphatic rings. The van der Waals surface area contributed by atoms with Crippen LogP contribution in [0.4, 0.5) is 0 Å². The molecule has 2 amide bonds. The van der Waals surface area contributed by atoms with Gasteiger partial charge in [-0.15, -0.1) is 0 Å². The average molecular weight is 469 g/mol. The van der Waals surface area contributed by atoms with Gasteiger partial charge in [-0.3, -0.25) is 9.59 Å². The molecule has 0 saturated heterocycles. The molecule has 1 atom stereocenters. The van der Waals surface area contributed by atoms with Gasteiger partial charge in [-0.05, 0) is 42.5 Å². The van der Waals surface area contributed by atoms with E-state index in [-0.39, 0.29) is 17.9 Å². The monoisotopic (exact) mass is 468 g/mol. The van der Waals surface area contributed by atoms with E-state index in [1.54, 1.807) is 23.8 Å². The number of amides is 2. The Hall–Kier alpha value is -2.47. The number of nitrogens with one attached hydrogen (secondary N) is 1. The minimum atomic E-state index is -0.459. The van der Waals surface area contributed by atoms with Crippen molar-refractivity contribution in [1.82, 2.24) is 10.2 Å². The maximum Gasteiger partial charge on any atom is 0.243 e. The maximum absolute atomic E-state index is 13.3. The van der Waals surface area contributed by atoms with Gasteiger partial charge in [-0.1, -0.05) is 62.2 Å². The van der Waals surface area contributed by atoms with Crippen molar-refractivity contribution in [1.29, 1.82) is 0 Å². The van der Waals surface area contributed by atoms with Gasteiger partial charge in [-0.2, -0.15) is 11.8 Å². The van der Waals surface area contributed by atoms with Gasteiger partial charge in [0, 0.05) is 30.5 Å². The van der Waals surface area contributed by atoms with E-state index in [9.17, 15) is 9.59 Å². The van der Waals surface area contributed by atoms with Crippen molar-refractivity contribution in [3.05, 3.63) is 65.7 Å². The van der Waals surface area contributed by atoms with E-state index in [1.807, 2.05) is 49.4 Å². The number of nitrogens with zero attached hydrogens (tertiary/aromatic N) is 1. The summed E-state index contributed by atoms with van der Waals surface area (Å²) in [7, 11) is 1.64. The lowest BCUT2D eigenvalue weighted by Gasteiger charge is -2.31. The van der Waals surface area contributed by atoms with Crippen LogP contribution in [-0.2, 0) is 21.9 Å². The Labute approximate surface area is 202 Å². The molecule has 5 nitrogen and oxygen atoms in total.